The Kier molecular flexibility index (Phi) is 6.48. The Morgan fingerprint density at radius 2 is 1.43 bits per heavy atom. The number of nitrogens with two attached hydrogens (primary N) is 1. The first-order valence-electron chi connectivity index (χ1n) is 8.33. The second kappa shape index (κ2) is 8.59. The van der Waals surface area contributed by atoms with E-state index in [1.165, 1.54) is 0 Å². The number of benzene rings is 2. The molecule has 3 atom stereocenters. The van der Waals surface area contributed by atoms with Gasteiger partial charge in [0.05, 0.1) is 6.10 Å². The summed E-state index contributed by atoms with van der Waals surface area (Å²) in [5, 5.41) is 0. The van der Waals surface area contributed by atoms with Crippen molar-refractivity contribution in [2.24, 2.45) is 11.7 Å². The number of hydrogen-bond acceptors (Lipinski definition) is 3. The Morgan fingerprint density at radius 1 is 0.870 bits per heavy atom. The van der Waals surface area contributed by atoms with Crippen LogP contribution in [0.1, 0.15) is 33.6 Å². The lowest BCUT2D eigenvalue weighted by molar-refractivity contribution is 0.180. The van der Waals surface area contributed by atoms with E-state index in [1.54, 1.807) is 0 Å². The zero-order valence-corrected chi connectivity index (χ0v) is 14.2. The first-order chi connectivity index (χ1) is 11.1. The lowest BCUT2D eigenvalue weighted by atomic mass is 9.95. The van der Waals surface area contributed by atoms with Crippen molar-refractivity contribution in [3.05, 3.63) is 54.6 Å². The minimum Gasteiger partial charge on any atom is -0.491 e. The molecule has 0 radical (unpaired) electrons. The molecule has 0 heterocycles. The van der Waals surface area contributed by atoms with Crippen molar-refractivity contribution in [3.63, 3.8) is 0 Å². The van der Waals surface area contributed by atoms with Crippen molar-refractivity contribution < 1.29 is 9.47 Å². The van der Waals surface area contributed by atoms with Gasteiger partial charge >= 0.3 is 0 Å². The van der Waals surface area contributed by atoms with Gasteiger partial charge in [-0.25, -0.2) is 0 Å². The van der Waals surface area contributed by atoms with Crippen LogP contribution in [0.5, 0.6) is 17.2 Å². The molecule has 3 unspecified atom stereocenters. The minimum absolute atomic E-state index is 0.142. The Balaban J connectivity index is 1.87. The van der Waals surface area contributed by atoms with Crippen LogP contribution in [0.25, 0.3) is 0 Å². The highest BCUT2D eigenvalue weighted by Gasteiger charge is 2.15. The van der Waals surface area contributed by atoms with Gasteiger partial charge in [-0.2, -0.15) is 0 Å². The van der Waals surface area contributed by atoms with Crippen molar-refractivity contribution in [2.75, 3.05) is 0 Å². The summed E-state index contributed by atoms with van der Waals surface area (Å²) in [5.74, 6) is 2.94. The highest BCUT2D eigenvalue weighted by atomic mass is 16.5. The summed E-state index contributed by atoms with van der Waals surface area (Å²) in [7, 11) is 0. The molecule has 0 spiro atoms. The molecule has 0 saturated heterocycles. The largest absolute Gasteiger partial charge is 0.491 e. The summed E-state index contributed by atoms with van der Waals surface area (Å²) in [4.78, 5) is 0. The van der Waals surface area contributed by atoms with E-state index in [-0.39, 0.29) is 12.1 Å². The van der Waals surface area contributed by atoms with E-state index in [0.717, 1.165) is 30.1 Å². The highest BCUT2D eigenvalue weighted by molar-refractivity contribution is 5.35. The molecular weight excluding hydrogens is 286 g/mol. The van der Waals surface area contributed by atoms with Crippen LogP contribution < -0.4 is 15.2 Å². The molecule has 23 heavy (non-hydrogen) atoms. The number of para-hydroxylation sites is 1. The van der Waals surface area contributed by atoms with E-state index in [2.05, 4.69) is 20.8 Å². The van der Waals surface area contributed by atoms with Crippen molar-refractivity contribution in [2.45, 2.75) is 45.8 Å². The summed E-state index contributed by atoms with van der Waals surface area (Å²) in [6.07, 6.45) is 2.10. The molecule has 0 aliphatic rings. The van der Waals surface area contributed by atoms with Crippen LogP contribution in [0.3, 0.4) is 0 Å². The molecule has 0 fully saturated rings. The van der Waals surface area contributed by atoms with Gasteiger partial charge in [-0.1, -0.05) is 32.0 Å². The topological polar surface area (TPSA) is 44.5 Å². The molecule has 0 bridgehead atoms. The smallest absolute Gasteiger partial charge is 0.127 e. The lowest BCUT2D eigenvalue weighted by Gasteiger charge is -2.23. The van der Waals surface area contributed by atoms with Crippen LogP contribution >= 0.6 is 0 Å². The molecule has 2 N–H and O–H groups in total. The van der Waals surface area contributed by atoms with Gasteiger partial charge in [0.1, 0.15) is 17.2 Å². The van der Waals surface area contributed by atoms with Crippen LogP contribution in [0, 0.1) is 5.92 Å². The van der Waals surface area contributed by atoms with Crippen LogP contribution in [0.2, 0.25) is 0 Å². The summed E-state index contributed by atoms with van der Waals surface area (Å²) in [6, 6.07) is 17.7. The van der Waals surface area contributed by atoms with Gasteiger partial charge in [0.2, 0.25) is 0 Å². The third-order valence-corrected chi connectivity index (χ3v) is 4.05. The number of ether oxygens (including phenoxy) is 2. The normalized spacial score (nSPS) is 14.8. The van der Waals surface area contributed by atoms with Gasteiger partial charge in [0.15, 0.2) is 0 Å². The average Bonchev–Trinajstić information content (AvgIpc) is 2.56. The molecule has 124 valence electrons. The Hall–Kier alpha value is -2.00. The first kappa shape index (κ1) is 17.4. The maximum Gasteiger partial charge on any atom is 0.127 e. The van der Waals surface area contributed by atoms with Crippen LogP contribution in [-0.4, -0.2) is 12.1 Å². The van der Waals surface area contributed by atoms with E-state index in [0.29, 0.717) is 5.92 Å². The second-order valence-corrected chi connectivity index (χ2v) is 6.10. The monoisotopic (exact) mass is 313 g/mol. The molecular formula is C20H27NO2. The van der Waals surface area contributed by atoms with Crippen LogP contribution in [-0.2, 0) is 0 Å². The molecule has 2 aromatic carbocycles. The summed E-state index contributed by atoms with van der Waals surface area (Å²) in [5.41, 5.74) is 6.08. The number of hydrogen-bond donors (Lipinski definition) is 1. The molecule has 2 rings (SSSR count). The zero-order chi connectivity index (χ0) is 16.7. The van der Waals surface area contributed by atoms with E-state index in [4.69, 9.17) is 15.2 Å². The Morgan fingerprint density at radius 3 is 2.04 bits per heavy atom. The molecule has 0 amide bonds. The summed E-state index contributed by atoms with van der Waals surface area (Å²) >= 11 is 0. The fourth-order valence-electron chi connectivity index (χ4n) is 2.59. The van der Waals surface area contributed by atoms with Gasteiger partial charge in [0.25, 0.3) is 0 Å². The highest BCUT2D eigenvalue weighted by Crippen LogP contribution is 2.25. The third-order valence-electron chi connectivity index (χ3n) is 4.05. The first-order valence-corrected chi connectivity index (χ1v) is 8.33. The predicted molar refractivity (Wildman–Crippen MR) is 95.1 cm³/mol. The maximum atomic E-state index is 6.08. The van der Waals surface area contributed by atoms with E-state index < -0.39 is 0 Å². The maximum absolute atomic E-state index is 6.08. The van der Waals surface area contributed by atoms with Gasteiger partial charge in [-0.3, -0.25) is 0 Å². The Bertz CT molecular complexity index is 568. The summed E-state index contributed by atoms with van der Waals surface area (Å²) in [6.45, 7) is 6.40. The average molecular weight is 313 g/mol. The van der Waals surface area contributed by atoms with Gasteiger partial charge in [0, 0.05) is 6.04 Å². The lowest BCUT2D eigenvalue weighted by Crippen LogP contribution is -2.30. The fourth-order valence-corrected chi connectivity index (χ4v) is 2.59. The Labute approximate surface area is 139 Å². The third kappa shape index (κ3) is 5.61. The second-order valence-electron chi connectivity index (χ2n) is 6.10. The molecule has 0 saturated carbocycles. The molecule has 0 aliphatic carbocycles. The van der Waals surface area contributed by atoms with Gasteiger partial charge in [-0.05, 0) is 62.1 Å². The molecule has 0 aliphatic heterocycles. The van der Waals surface area contributed by atoms with Crippen molar-refractivity contribution in [3.8, 4) is 17.2 Å². The van der Waals surface area contributed by atoms with E-state index >= 15 is 0 Å². The summed E-state index contributed by atoms with van der Waals surface area (Å²) < 4.78 is 11.8. The van der Waals surface area contributed by atoms with Crippen LogP contribution in [0.4, 0.5) is 0 Å². The molecule has 2 aromatic rings. The zero-order valence-electron chi connectivity index (χ0n) is 14.2. The fraction of sp³-hybridized carbons (Fsp3) is 0.400. The molecule has 3 nitrogen and oxygen atoms in total. The quantitative estimate of drug-likeness (QED) is 0.745. The molecule has 0 aromatic heterocycles. The van der Waals surface area contributed by atoms with Crippen molar-refractivity contribution in [1.82, 2.24) is 0 Å². The van der Waals surface area contributed by atoms with E-state index in [1.807, 2.05) is 54.6 Å². The standard InChI is InChI=1S/C20H27NO2/c1-4-20(21)15(2)14-16(3)22-18-10-12-19(13-11-18)23-17-8-6-5-7-9-17/h5-13,15-16,20H,4,14,21H2,1-3H3. The van der Waals surface area contributed by atoms with Crippen LogP contribution in [0.15, 0.2) is 54.6 Å². The molecule has 3 heteroatoms. The van der Waals surface area contributed by atoms with Gasteiger partial charge in [-0.15, -0.1) is 0 Å². The SMILES string of the molecule is CCC(N)C(C)CC(C)Oc1ccc(Oc2ccccc2)cc1. The van der Waals surface area contributed by atoms with Crippen molar-refractivity contribution >= 4 is 0 Å². The minimum atomic E-state index is 0.142. The van der Waals surface area contributed by atoms with Gasteiger partial charge < -0.3 is 15.2 Å². The van der Waals surface area contributed by atoms with Crippen molar-refractivity contribution in [1.29, 1.82) is 0 Å². The van der Waals surface area contributed by atoms with E-state index in [9.17, 15) is 0 Å². The predicted octanol–water partition coefficient (Wildman–Crippen LogP) is 5.01. The number of rotatable bonds is 8.